The van der Waals surface area contributed by atoms with Gasteiger partial charge in [-0.3, -0.25) is 9.88 Å². The van der Waals surface area contributed by atoms with Crippen molar-refractivity contribution in [3.63, 3.8) is 0 Å². The Morgan fingerprint density at radius 3 is 2.96 bits per heavy atom. The third-order valence-corrected chi connectivity index (χ3v) is 4.52. The Morgan fingerprint density at radius 2 is 2.29 bits per heavy atom. The first-order valence-electron chi connectivity index (χ1n) is 8.71. The molecule has 2 atom stereocenters. The molecular weight excluding hydrogens is 304 g/mol. The Labute approximate surface area is 145 Å². The van der Waals surface area contributed by atoms with E-state index in [2.05, 4.69) is 34.4 Å². The van der Waals surface area contributed by atoms with Gasteiger partial charge in [0, 0.05) is 39.0 Å². The van der Waals surface area contributed by atoms with Gasteiger partial charge < -0.3 is 15.4 Å². The SMILES string of the molecule is COCCN1CCC(NC(=O)NC(c2ncccc2C)C(C)C)C1. The minimum absolute atomic E-state index is 0.0859. The molecule has 0 saturated carbocycles. The molecule has 1 aromatic heterocycles. The Balaban J connectivity index is 1.89. The summed E-state index contributed by atoms with van der Waals surface area (Å²) in [6, 6.07) is 3.94. The van der Waals surface area contributed by atoms with Crippen molar-refractivity contribution in [2.24, 2.45) is 5.92 Å². The second-order valence-electron chi connectivity index (χ2n) is 6.82. The Bertz CT molecular complexity index is 536. The molecule has 2 heterocycles. The summed E-state index contributed by atoms with van der Waals surface area (Å²) in [4.78, 5) is 19.2. The lowest BCUT2D eigenvalue weighted by Gasteiger charge is -2.24. The number of amides is 2. The van der Waals surface area contributed by atoms with E-state index in [4.69, 9.17) is 4.74 Å². The predicted octanol–water partition coefficient (Wildman–Crippen LogP) is 2.11. The number of ether oxygens (including phenoxy) is 1. The smallest absolute Gasteiger partial charge is 0.315 e. The summed E-state index contributed by atoms with van der Waals surface area (Å²) < 4.78 is 5.11. The molecule has 0 aliphatic carbocycles. The number of aryl methyl sites for hydroxylation is 1. The first-order valence-corrected chi connectivity index (χ1v) is 8.71. The summed E-state index contributed by atoms with van der Waals surface area (Å²) in [5.74, 6) is 0.270. The predicted molar refractivity (Wildman–Crippen MR) is 94.9 cm³/mol. The van der Waals surface area contributed by atoms with Gasteiger partial charge in [-0.2, -0.15) is 0 Å². The quantitative estimate of drug-likeness (QED) is 0.801. The van der Waals surface area contributed by atoms with Crippen LogP contribution in [0.2, 0.25) is 0 Å². The molecule has 0 bridgehead atoms. The highest BCUT2D eigenvalue weighted by molar-refractivity contribution is 5.74. The van der Waals surface area contributed by atoms with Crippen molar-refractivity contribution in [3.8, 4) is 0 Å². The van der Waals surface area contributed by atoms with Gasteiger partial charge in [-0.15, -0.1) is 0 Å². The van der Waals surface area contributed by atoms with Gasteiger partial charge in [0.15, 0.2) is 0 Å². The van der Waals surface area contributed by atoms with E-state index < -0.39 is 0 Å². The van der Waals surface area contributed by atoms with E-state index in [0.29, 0.717) is 0 Å². The molecule has 0 spiro atoms. The van der Waals surface area contributed by atoms with Crippen LogP contribution in [0.25, 0.3) is 0 Å². The van der Waals surface area contributed by atoms with Crippen LogP contribution in [0.5, 0.6) is 0 Å². The number of carbonyl (C=O) groups is 1. The fraction of sp³-hybridized carbons (Fsp3) is 0.667. The van der Waals surface area contributed by atoms with Gasteiger partial charge in [0.05, 0.1) is 18.3 Å². The molecule has 1 aliphatic rings. The van der Waals surface area contributed by atoms with Crippen molar-refractivity contribution >= 4 is 6.03 Å². The number of nitrogens with zero attached hydrogens (tertiary/aromatic N) is 2. The fourth-order valence-electron chi connectivity index (χ4n) is 3.12. The highest BCUT2D eigenvalue weighted by atomic mass is 16.5. The van der Waals surface area contributed by atoms with Crippen LogP contribution in [-0.2, 0) is 4.74 Å². The second kappa shape index (κ2) is 8.99. The number of likely N-dealkylation sites (tertiary alicyclic amines) is 1. The zero-order chi connectivity index (χ0) is 17.5. The average Bonchev–Trinajstić information content (AvgIpc) is 2.98. The van der Waals surface area contributed by atoms with Crippen molar-refractivity contribution in [2.45, 2.75) is 39.3 Å². The molecule has 1 aromatic rings. The summed E-state index contributed by atoms with van der Waals surface area (Å²) in [7, 11) is 1.71. The van der Waals surface area contributed by atoms with E-state index in [0.717, 1.165) is 43.9 Å². The minimum Gasteiger partial charge on any atom is -0.383 e. The van der Waals surface area contributed by atoms with Gasteiger partial charge in [0.1, 0.15) is 0 Å². The molecule has 2 rings (SSSR count). The number of hydrogen-bond acceptors (Lipinski definition) is 4. The van der Waals surface area contributed by atoms with Crippen LogP contribution in [0, 0.1) is 12.8 Å². The number of rotatable bonds is 7. The minimum atomic E-state index is -0.114. The zero-order valence-electron chi connectivity index (χ0n) is 15.2. The summed E-state index contributed by atoms with van der Waals surface area (Å²) >= 11 is 0. The fourth-order valence-corrected chi connectivity index (χ4v) is 3.12. The average molecular weight is 334 g/mol. The number of nitrogens with one attached hydrogen (secondary N) is 2. The molecule has 134 valence electrons. The molecule has 6 nitrogen and oxygen atoms in total. The van der Waals surface area contributed by atoms with E-state index in [1.165, 1.54) is 0 Å². The number of hydrogen-bond donors (Lipinski definition) is 2. The number of methoxy groups -OCH3 is 1. The van der Waals surface area contributed by atoms with Crippen molar-refractivity contribution < 1.29 is 9.53 Å². The summed E-state index contributed by atoms with van der Waals surface area (Å²) in [6.07, 6.45) is 2.76. The summed E-state index contributed by atoms with van der Waals surface area (Å²) in [5.41, 5.74) is 2.04. The first kappa shape index (κ1) is 18.7. The Hall–Kier alpha value is -1.66. The second-order valence-corrected chi connectivity index (χ2v) is 6.82. The standard InChI is InChI=1S/C18H30N4O2/c1-13(2)16(17-14(3)6-5-8-19-17)21-18(23)20-15-7-9-22(12-15)10-11-24-4/h5-6,8,13,15-16H,7,9-12H2,1-4H3,(H2,20,21,23). The van der Waals surface area contributed by atoms with Gasteiger partial charge in [-0.05, 0) is 30.9 Å². The van der Waals surface area contributed by atoms with Crippen molar-refractivity contribution in [1.82, 2.24) is 20.5 Å². The maximum Gasteiger partial charge on any atom is 0.315 e. The number of urea groups is 1. The molecule has 1 aliphatic heterocycles. The number of pyridine rings is 1. The molecule has 1 fully saturated rings. The van der Waals surface area contributed by atoms with Crippen molar-refractivity contribution in [1.29, 1.82) is 0 Å². The van der Waals surface area contributed by atoms with Gasteiger partial charge >= 0.3 is 6.03 Å². The van der Waals surface area contributed by atoms with Gasteiger partial charge in [-0.25, -0.2) is 4.79 Å². The Kier molecular flexibility index (Phi) is 6.99. The monoisotopic (exact) mass is 334 g/mol. The lowest BCUT2D eigenvalue weighted by Crippen LogP contribution is -2.46. The van der Waals surface area contributed by atoms with Crippen molar-refractivity contribution in [2.75, 3.05) is 33.4 Å². The highest BCUT2D eigenvalue weighted by Crippen LogP contribution is 2.22. The van der Waals surface area contributed by atoms with E-state index in [9.17, 15) is 4.79 Å². The normalized spacial score (nSPS) is 19.5. The van der Waals surface area contributed by atoms with Crippen LogP contribution in [0.1, 0.15) is 37.6 Å². The van der Waals surface area contributed by atoms with Crippen LogP contribution < -0.4 is 10.6 Å². The molecule has 1 saturated heterocycles. The summed E-state index contributed by atoms with van der Waals surface area (Å²) in [6.45, 7) is 9.75. The van der Waals surface area contributed by atoms with Crippen LogP contribution >= 0.6 is 0 Å². The lowest BCUT2D eigenvalue weighted by molar-refractivity contribution is 0.159. The number of carbonyl (C=O) groups excluding carboxylic acids is 1. The summed E-state index contributed by atoms with van der Waals surface area (Å²) in [5, 5.41) is 6.20. The van der Waals surface area contributed by atoms with Crippen LogP contribution in [0.3, 0.4) is 0 Å². The zero-order valence-corrected chi connectivity index (χ0v) is 15.2. The van der Waals surface area contributed by atoms with Gasteiger partial charge in [0.25, 0.3) is 0 Å². The van der Waals surface area contributed by atoms with E-state index in [1.54, 1.807) is 13.3 Å². The van der Waals surface area contributed by atoms with Gasteiger partial charge in [0.2, 0.25) is 0 Å². The maximum absolute atomic E-state index is 12.4. The molecule has 0 radical (unpaired) electrons. The molecule has 2 unspecified atom stereocenters. The largest absolute Gasteiger partial charge is 0.383 e. The van der Waals surface area contributed by atoms with Gasteiger partial charge in [-0.1, -0.05) is 19.9 Å². The lowest BCUT2D eigenvalue weighted by atomic mass is 9.97. The highest BCUT2D eigenvalue weighted by Gasteiger charge is 2.26. The maximum atomic E-state index is 12.4. The van der Waals surface area contributed by atoms with Crippen LogP contribution in [0.4, 0.5) is 4.79 Å². The molecule has 0 aromatic carbocycles. The topological polar surface area (TPSA) is 66.5 Å². The third-order valence-electron chi connectivity index (χ3n) is 4.52. The van der Waals surface area contributed by atoms with E-state index in [1.807, 2.05) is 19.1 Å². The molecule has 2 amide bonds. The van der Waals surface area contributed by atoms with E-state index in [-0.39, 0.29) is 24.0 Å². The first-order chi connectivity index (χ1) is 11.5. The molecule has 2 N–H and O–H groups in total. The number of aromatic nitrogens is 1. The van der Waals surface area contributed by atoms with E-state index >= 15 is 0 Å². The van der Waals surface area contributed by atoms with Crippen molar-refractivity contribution in [3.05, 3.63) is 29.6 Å². The third kappa shape index (κ3) is 5.18. The molecule has 6 heteroatoms. The van der Waals surface area contributed by atoms with Crippen LogP contribution in [0.15, 0.2) is 18.3 Å². The van der Waals surface area contributed by atoms with Crippen LogP contribution in [-0.4, -0.2) is 55.3 Å². The molecule has 24 heavy (non-hydrogen) atoms. The molecular formula is C18H30N4O2. The Morgan fingerprint density at radius 1 is 1.50 bits per heavy atom.